The van der Waals surface area contributed by atoms with Crippen molar-refractivity contribution in [2.24, 2.45) is 17.3 Å². The van der Waals surface area contributed by atoms with Gasteiger partial charge in [0.2, 0.25) is 5.91 Å². The van der Waals surface area contributed by atoms with E-state index >= 15 is 0 Å². The molecular formula is C16H29NO4. The van der Waals surface area contributed by atoms with Crippen LogP contribution in [0.1, 0.15) is 52.9 Å². The molecular weight excluding hydrogens is 270 g/mol. The van der Waals surface area contributed by atoms with Gasteiger partial charge in [-0.25, -0.2) is 4.79 Å². The Morgan fingerprint density at radius 3 is 2.24 bits per heavy atom. The smallest absolute Gasteiger partial charge is 0.334 e. The number of ether oxygens (including phenoxy) is 1. The zero-order chi connectivity index (χ0) is 16.0. The third kappa shape index (κ3) is 6.04. The van der Waals surface area contributed by atoms with E-state index < -0.39 is 12.1 Å². The van der Waals surface area contributed by atoms with E-state index in [0.717, 1.165) is 18.8 Å². The van der Waals surface area contributed by atoms with Gasteiger partial charge in [0.05, 0.1) is 6.54 Å². The molecule has 1 atom stereocenters. The zero-order valence-corrected chi connectivity index (χ0v) is 13.6. The van der Waals surface area contributed by atoms with E-state index in [1.54, 1.807) is 0 Å². The molecule has 0 aromatic carbocycles. The number of hydrogen-bond donors (Lipinski definition) is 2. The fourth-order valence-corrected chi connectivity index (χ4v) is 3.04. The highest BCUT2D eigenvalue weighted by atomic mass is 16.5. The van der Waals surface area contributed by atoms with Gasteiger partial charge in [-0.1, -0.05) is 20.8 Å². The summed E-state index contributed by atoms with van der Waals surface area (Å²) in [6, 6.07) is 0. The Morgan fingerprint density at radius 1 is 1.24 bits per heavy atom. The highest BCUT2D eigenvalue weighted by Crippen LogP contribution is 2.40. The van der Waals surface area contributed by atoms with Gasteiger partial charge in [-0.05, 0) is 42.9 Å². The lowest BCUT2D eigenvalue weighted by Gasteiger charge is -2.36. The monoisotopic (exact) mass is 299 g/mol. The Morgan fingerprint density at radius 2 is 1.81 bits per heavy atom. The standard InChI is InChI=1S/C16H29NO4/c1-16(2,3)12-7-5-11(6-8-12)9-14(18)17-10-13(21-4)15(19)20/h11-13H,5-10H2,1-4H3,(H,17,18)(H,19,20). The molecule has 0 aromatic heterocycles. The van der Waals surface area contributed by atoms with Gasteiger partial charge in [-0.3, -0.25) is 4.79 Å². The summed E-state index contributed by atoms with van der Waals surface area (Å²) >= 11 is 0. The highest BCUT2D eigenvalue weighted by molar-refractivity contribution is 5.78. The molecule has 2 N–H and O–H groups in total. The molecule has 21 heavy (non-hydrogen) atoms. The number of carbonyl (C=O) groups is 2. The quantitative estimate of drug-likeness (QED) is 0.790. The van der Waals surface area contributed by atoms with Crippen molar-refractivity contribution in [3.8, 4) is 0 Å². The lowest BCUT2D eigenvalue weighted by molar-refractivity contribution is -0.148. The second kappa shape index (κ2) is 7.78. The number of aliphatic carboxylic acids is 1. The van der Waals surface area contributed by atoms with Crippen molar-refractivity contribution < 1.29 is 19.4 Å². The van der Waals surface area contributed by atoms with E-state index in [4.69, 9.17) is 9.84 Å². The molecule has 0 bridgehead atoms. The third-order valence-corrected chi connectivity index (χ3v) is 4.59. The molecule has 1 aliphatic carbocycles. The Kier molecular flexibility index (Phi) is 6.65. The molecule has 5 heteroatoms. The van der Waals surface area contributed by atoms with Crippen LogP contribution in [0, 0.1) is 17.3 Å². The topological polar surface area (TPSA) is 75.6 Å². The van der Waals surface area contributed by atoms with E-state index in [9.17, 15) is 9.59 Å². The van der Waals surface area contributed by atoms with Crippen molar-refractivity contribution in [2.45, 2.75) is 59.0 Å². The Hall–Kier alpha value is -1.10. The lowest BCUT2D eigenvalue weighted by atomic mass is 9.69. The second-order valence-corrected chi connectivity index (χ2v) is 7.15. The van der Waals surface area contributed by atoms with Crippen LogP contribution >= 0.6 is 0 Å². The number of hydrogen-bond acceptors (Lipinski definition) is 3. The van der Waals surface area contributed by atoms with Crippen LogP contribution in [0.4, 0.5) is 0 Å². The number of carboxylic acids is 1. The summed E-state index contributed by atoms with van der Waals surface area (Å²) in [5.41, 5.74) is 0.348. The Labute approximate surface area is 127 Å². The van der Waals surface area contributed by atoms with Gasteiger partial charge in [0, 0.05) is 13.5 Å². The van der Waals surface area contributed by atoms with E-state index in [1.807, 2.05) is 0 Å². The van der Waals surface area contributed by atoms with Crippen molar-refractivity contribution >= 4 is 11.9 Å². The fraction of sp³-hybridized carbons (Fsp3) is 0.875. The van der Waals surface area contributed by atoms with Gasteiger partial charge in [0.25, 0.3) is 0 Å². The summed E-state index contributed by atoms with van der Waals surface area (Å²) in [5, 5.41) is 11.5. The Bertz CT molecular complexity index is 354. The zero-order valence-electron chi connectivity index (χ0n) is 13.6. The predicted molar refractivity (Wildman–Crippen MR) is 81.0 cm³/mol. The molecule has 0 saturated heterocycles. The first-order valence-corrected chi connectivity index (χ1v) is 7.76. The molecule has 1 unspecified atom stereocenters. The lowest BCUT2D eigenvalue weighted by Crippen LogP contribution is -2.38. The van der Waals surface area contributed by atoms with Crippen LogP contribution in [0.3, 0.4) is 0 Å². The highest BCUT2D eigenvalue weighted by Gasteiger charge is 2.30. The van der Waals surface area contributed by atoms with Crippen LogP contribution in [0.25, 0.3) is 0 Å². The summed E-state index contributed by atoms with van der Waals surface area (Å²) in [5.74, 6) is 0.0390. The average Bonchev–Trinajstić information content (AvgIpc) is 2.38. The number of amides is 1. The largest absolute Gasteiger partial charge is 0.479 e. The summed E-state index contributed by atoms with van der Waals surface area (Å²) < 4.78 is 4.79. The molecule has 1 rings (SSSR count). The van der Waals surface area contributed by atoms with Gasteiger partial charge in [-0.15, -0.1) is 0 Å². The molecule has 0 heterocycles. The molecule has 1 saturated carbocycles. The van der Waals surface area contributed by atoms with E-state index in [-0.39, 0.29) is 12.5 Å². The number of methoxy groups -OCH3 is 1. The van der Waals surface area contributed by atoms with Crippen LogP contribution in [-0.4, -0.2) is 36.7 Å². The van der Waals surface area contributed by atoms with Crippen LogP contribution in [0.15, 0.2) is 0 Å². The summed E-state index contributed by atoms with van der Waals surface area (Å²) in [4.78, 5) is 22.7. The fourth-order valence-electron chi connectivity index (χ4n) is 3.04. The summed E-state index contributed by atoms with van der Waals surface area (Å²) in [6.07, 6.45) is 4.05. The minimum atomic E-state index is -1.05. The van der Waals surface area contributed by atoms with Crippen LogP contribution in [0.5, 0.6) is 0 Å². The van der Waals surface area contributed by atoms with Crippen molar-refractivity contribution in [3.05, 3.63) is 0 Å². The number of nitrogens with one attached hydrogen (secondary N) is 1. The molecule has 5 nitrogen and oxygen atoms in total. The average molecular weight is 299 g/mol. The number of carbonyl (C=O) groups excluding carboxylic acids is 1. The van der Waals surface area contributed by atoms with Crippen molar-refractivity contribution in [3.63, 3.8) is 0 Å². The van der Waals surface area contributed by atoms with Gasteiger partial charge >= 0.3 is 5.97 Å². The summed E-state index contributed by atoms with van der Waals surface area (Å²) in [7, 11) is 1.33. The van der Waals surface area contributed by atoms with Gasteiger partial charge in [0.15, 0.2) is 6.10 Å². The maximum atomic E-state index is 11.9. The van der Waals surface area contributed by atoms with Gasteiger partial charge in [-0.2, -0.15) is 0 Å². The van der Waals surface area contributed by atoms with E-state index in [0.29, 0.717) is 17.8 Å². The normalized spacial score (nSPS) is 24.4. The van der Waals surface area contributed by atoms with Crippen molar-refractivity contribution in [1.82, 2.24) is 5.32 Å². The molecule has 1 fully saturated rings. The second-order valence-electron chi connectivity index (χ2n) is 7.15. The van der Waals surface area contributed by atoms with E-state index in [1.165, 1.54) is 20.0 Å². The molecule has 1 amide bonds. The minimum Gasteiger partial charge on any atom is -0.479 e. The number of rotatable bonds is 6. The first kappa shape index (κ1) is 18.0. The first-order chi connectivity index (χ1) is 9.74. The third-order valence-electron chi connectivity index (χ3n) is 4.59. The van der Waals surface area contributed by atoms with Crippen LogP contribution < -0.4 is 5.32 Å². The van der Waals surface area contributed by atoms with Gasteiger partial charge < -0.3 is 15.2 Å². The SMILES string of the molecule is COC(CNC(=O)CC1CCC(C(C)(C)C)CC1)C(=O)O. The van der Waals surface area contributed by atoms with Crippen LogP contribution in [0.2, 0.25) is 0 Å². The van der Waals surface area contributed by atoms with Crippen molar-refractivity contribution in [1.29, 1.82) is 0 Å². The van der Waals surface area contributed by atoms with E-state index in [2.05, 4.69) is 26.1 Å². The molecule has 0 radical (unpaired) electrons. The molecule has 0 aliphatic heterocycles. The Balaban J connectivity index is 2.29. The first-order valence-electron chi connectivity index (χ1n) is 7.76. The summed E-state index contributed by atoms with van der Waals surface area (Å²) in [6.45, 7) is 6.87. The molecule has 0 aromatic rings. The van der Waals surface area contributed by atoms with Crippen molar-refractivity contribution in [2.75, 3.05) is 13.7 Å². The van der Waals surface area contributed by atoms with Crippen LogP contribution in [-0.2, 0) is 14.3 Å². The molecule has 122 valence electrons. The molecule has 0 spiro atoms. The maximum absolute atomic E-state index is 11.9. The molecule has 1 aliphatic rings. The maximum Gasteiger partial charge on any atom is 0.334 e. The predicted octanol–water partition coefficient (Wildman–Crippen LogP) is 2.44. The number of carboxylic acid groups (broad SMARTS) is 1. The minimum absolute atomic E-state index is 0.0298. The van der Waals surface area contributed by atoms with Gasteiger partial charge in [0.1, 0.15) is 0 Å².